The van der Waals surface area contributed by atoms with E-state index in [1.807, 2.05) is 13.0 Å². The maximum absolute atomic E-state index is 11.8. The topological polar surface area (TPSA) is 58.2 Å². The van der Waals surface area contributed by atoms with Gasteiger partial charge in [-0.2, -0.15) is 0 Å². The van der Waals surface area contributed by atoms with Gasteiger partial charge in [-0.15, -0.1) is 11.3 Å². The first-order valence-corrected chi connectivity index (χ1v) is 8.07. The molecule has 2 N–H and O–H groups in total. The Balaban J connectivity index is 2.67. The summed E-state index contributed by atoms with van der Waals surface area (Å²) in [5.41, 5.74) is 0. The number of rotatable bonds is 7. The van der Waals surface area contributed by atoms with Crippen molar-refractivity contribution in [3.05, 3.63) is 17.0 Å². The molecular weight excluding hydrogens is 256 g/mol. The second kappa shape index (κ2) is 6.49. The van der Waals surface area contributed by atoms with Crippen LogP contribution in [0.25, 0.3) is 0 Å². The Labute approximate surface area is 107 Å². The molecule has 0 amide bonds. The second-order valence-electron chi connectivity index (χ2n) is 4.15. The molecule has 0 aromatic carbocycles. The molecule has 0 bridgehead atoms. The Morgan fingerprint density at radius 2 is 2.06 bits per heavy atom. The van der Waals surface area contributed by atoms with Gasteiger partial charge in [0.25, 0.3) is 0 Å². The summed E-state index contributed by atoms with van der Waals surface area (Å²) < 4.78 is 26.6. The third-order valence-electron chi connectivity index (χ3n) is 2.13. The normalized spacial score (nSPS) is 12.2. The van der Waals surface area contributed by atoms with Crippen molar-refractivity contribution in [2.75, 3.05) is 6.54 Å². The fourth-order valence-electron chi connectivity index (χ4n) is 1.21. The zero-order valence-corrected chi connectivity index (χ0v) is 12.1. The van der Waals surface area contributed by atoms with Gasteiger partial charge >= 0.3 is 0 Å². The number of thiophene rings is 1. The van der Waals surface area contributed by atoms with Crippen molar-refractivity contribution in [2.45, 2.75) is 44.0 Å². The lowest BCUT2D eigenvalue weighted by Gasteiger charge is -2.05. The molecule has 0 aliphatic carbocycles. The highest BCUT2D eigenvalue weighted by atomic mass is 32.2. The molecular formula is C11H20N2O2S2. The second-order valence-corrected chi connectivity index (χ2v) is 7.32. The van der Waals surface area contributed by atoms with Gasteiger partial charge in [0.1, 0.15) is 4.21 Å². The largest absolute Gasteiger partial charge is 0.310 e. The molecule has 98 valence electrons. The fourth-order valence-corrected chi connectivity index (χ4v) is 3.70. The third-order valence-corrected chi connectivity index (χ3v) is 5.17. The first-order valence-electron chi connectivity index (χ1n) is 5.77. The van der Waals surface area contributed by atoms with Gasteiger partial charge in [0.2, 0.25) is 10.0 Å². The van der Waals surface area contributed by atoms with Crippen LogP contribution < -0.4 is 10.0 Å². The molecule has 1 rings (SSSR count). The van der Waals surface area contributed by atoms with Crippen LogP contribution in [0.1, 0.15) is 32.1 Å². The Morgan fingerprint density at radius 1 is 1.35 bits per heavy atom. The van der Waals surface area contributed by atoms with Gasteiger partial charge < -0.3 is 5.32 Å². The standard InChI is InChI=1S/C11H20N2O2S2/c1-4-7-13-17(14,15)11-6-5-10(16-11)8-12-9(2)3/h5-6,9,12-13H,4,7-8H2,1-3H3. The van der Waals surface area contributed by atoms with E-state index in [4.69, 9.17) is 0 Å². The highest BCUT2D eigenvalue weighted by Gasteiger charge is 2.15. The Bertz CT molecular complexity index is 438. The number of nitrogens with one attached hydrogen (secondary N) is 2. The highest BCUT2D eigenvalue weighted by Crippen LogP contribution is 2.21. The van der Waals surface area contributed by atoms with Crippen molar-refractivity contribution >= 4 is 21.4 Å². The SMILES string of the molecule is CCCNS(=O)(=O)c1ccc(CNC(C)C)s1. The third kappa shape index (κ3) is 4.75. The number of sulfonamides is 1. The van der Waals surface area contributed by atoms with Gasteiger partial charge in [0, 0.05) is 24.0 Å². The van der Waals surface area contributed by atoms with E-state index < -0.39 is 10.0 Å². The number of hydrogen-bond acceptors (Lipinski definition) is 4. The molecule has 0 spiro atoms. The minimum absolute atomic E-state index is 0.395. The molecule has 1 aromatic rings. The van der Waals surface area contributed by atoms with Crippen molar-refractivity contribution in [3.8, 4) is 0 Å². The van der Waals surface area contributed by atoms with E-state index in [0.29, 0.717) is 23.3 Å². The van der Waals surface area contributed by atoms with Gasteiger partial charge in [0.05, 0.1) is 0 Å². The van der Waals surface area contributed by atoms with E-state index in [2.05, 4.69) is 23.9 Å². The van der Waals surface area contributed by atoms with Gasteiger partial charge in [-0.25, -0.2) is 13.1 Å². The smallest absolute Gasteiger partial charge is 0.250 e. The summed E-state index contributed by atoms with van der Waals surface area (Å²) >= 11 is 1.32. The lowest BCUT2D eigenvalue weighted by molar-refractivity contribution is 0.583. The Morgan fingerprint density at radius 3 is 2.65 bits per heavy atom. The molecule has 0 saturated heterocycles. The van der Waals surface area contributed by atoms with Crippen molar-refractivity contribution in [3.63, 3.8) is 0 Å². The van der Waals surface area contributed by atoms with E-state index >= 15 is 0 Å². The van der Waals surface area contributed by atoms with E-state index in [-0.39, 0.29) is 0 Å². The molecule has 1 heterocycles. The van der Waals surface area contributed by atoms with Crippen LogP contribution in [0.2, 0.25) is 0 Å². The monoisotopic (exact) mass is 276 g/mol. The van der Waals surface area contributed by atoms with E-state index in [0.717, 1.165) is 11.3 Å². The maximum atomic E-state index is 11.8. The highest BCUT2D eigenvalue weighted by molar-refractivity contribution is 7.91. The van der Waals surface area contributed by atoms with Crippen LogP contribution in [0.5, 0.6) is 0 Å². The quantitative estimate of drug-likeness (QED) is 0.800. The van der Waals surface area contributed by atoms with Crippen LogP contribution in [0, 0.1) is 0 Å². The van der Waals surface area contributed by atoms with Crippen LogP contribution in [-0.4, -0.2) is 21.0 Å². The summed E-state index contributed by atoms with van der Waals surface area (Å²) in [5, 5.41) is 3.26. The maximum Gasteiger partial charge on any atom is 0.250 e. The Hall–Kier alpha value is -0.430. The molecule has 1 aromatic heterocycles. The van der Waals surface area contributed by atoms with Crippen molar-refractivity contribution in [2.24, 2.45) is 0 Å². The molecule has 0 aliphatic rings. The van der Waals surface area contributed by atoms with Crippen molar-refractivity contribution in [1.82, 2.24) is 10.0 Å². The molecule has 17 heavy (non-hydrogen) atoms. The van der Waals surface area contributed by atoms with Gasteiger partial charge in [-0.3, -0.25) is 0 Å². The van der Waals surface area contributed by atoms with Gasteiger partial charge in [0.15, 0.2) is 0 Å². The first-order chi connectivity index (χ1) is 7.95. The average molecular weight is 276 g/mol. The Kier molecular flexibility index (Phi) is 5.58. The fraction of sp³-hybridized carbons (Fsp3) is 0.636. The van der Waals surface area contributed by atoms with E-state index in [9.17, 15) is 8.42 Å². The summed E-state index contributed by atoms with van der Waals surface area (Å²) in [4.78, 5) is 1.04. The zero-order valence-electron chi connectivity index (χ0n) is 10.5. The van der Waals surface area contributed by atoms with Gasteiger partial charge in [-0.05, 0) is 18.6 Å². The van der Waals surface area contributed by atoms with Crippen molar-refractivity contribution < 1.29 is 8.42 Å². The molecule has 0 aliphatic heterocycles. The lowest BCUT2D eigenvalue weighted by atomic mass is 10.4. The molecule has 0 radical (unpaired) electrons. The summed E-state index contributed by atoms with van der Waals surface area (Å²) in [6.07, 6.45) is 0.798. The van der Waals surface area contributed by atoms with Crippen LogP contribution in [0.3, 0.4) is 0 Å². The molecule has 0 fully saturated rings. The van der Waals surface area contributed by atoms with E-state index in [1.165, 1.54) is 11.3 Å². The predicted molar refractivity (Wildman–Crippen MR) is 71.8 cm³/mol. The summed E-state index contributed by atoms with van der Waals surface area (Å²) in [5.74, 6) is 0. The summed E-state index contributed by atoms with van der Waals surface area (Å²) in [6, 6.07) is 3.93. The zero-order chi connectivity index (χ0) is 12.9. The van der Waals surface area contributed by atoms with Crippen LogP contribution in [0.4, 0.5) is 0 Å². The minimum Gasteiger partial charge on any atom is -0.310 e. The predicted octanol–water partition coefficient (Wildman–Crippen LogP) is 1.93. The summed E-state index contributed by atoms with van der Waals surface area (Å²) in [6.45, 7) is 7.27. The molecule has 4 nitrogen and oxygen atoms in total. The first kappa shape index (κ1) is 14.6. The minimum atomic E-state index is -3.30. The average Bonchev–Trinajstić information content (AvgIpc) is 2.73. The lowest BCUT2D eigenvalue weighted by Crippen LogP contribution is -2.23. The number of hydrogen-bond donors (Lipinski definition) is 2. The molecule has 0 atom stereocenters. The van der Waals surface area contributed by atoms with Gasteiger partial charge in [-0.1, -0.05) is 20.8 Å². The molecule has 0 unspecified atom stereocenters. The molecule has 0 saturated carbocycles. The molecule has 6 heteroatoms. The summed E-state index contributed by atoms with van der Waals surface area (Å²) in [7, 11) is -3.30. The van der Waals surface area contributed by atoms with Crippen LogP contribution >= 0.6 is 11.3 Å². The van der Waals surface area contributed by atoms with Crippen LogP contribution in [-0.2, 0) is 16.6 Å². The van der Waals surface area contributed by atoms with Crippen LogP contribution in [0.15, 0.2) is 16.3 Å². The van der Waals surface area contributed by atoms with E-state index in [1.54, 1.807) is 6.07 Å². The van der Waals surface area contributed by atoms with Crippen molar-refractivity contribution in [1.29, 1.82) is 0 Å².